The maximum absolute atomic E-state index is 13.1. The number of nitrogens with one attached hydrogen (secondary N) is 4. The number of nitrogens with zero attached hydrogens (tertiary/aromatic N) is 6. The second-order valence-corrected chi connectivity index (χ2v) is 16.9. The van der Waals surface area contributed by atoms with Gasteiger partial charge < -0.3 is 30.7 Å². The lowest BCUT2D eigenvalue weighted by atomic mass is 10.0. The molecular formula is C43H49ClN10O6S. The van der Waals surface area contributed by atoms with E-state index in [0.717, 1.165) is 49.9 Å². The van der Waals surface area contributed by atoms with Crippen molar-refractivity contribution in [2.24, 2.45) is 0 Å². The van der Waals surface area contributed by atoms with Gasteiger partial charge in [0.1, 0.15) is 28.4 Å². The van der Waals surface area contributed by atoms with E-state index in [-0.39, 0.29) is 48.9 Å². The number of aromatic nitrogens is 3. The van der Waals surface area contributed by atoms with Crippen molar-refractivity contribution in [1.29, 1.82) is 0 Å². The van der Waals surface area contributed by atoms with E-state index in [4.69, 9.17) is 11.6 Å². The smallest absolute Gasteiger partial charge is 0.267 e. The van der Waals surface area contributed by atoms with E-state index < -0.39 is 11.9 Å². The van der Waals surface area contributed by atoms with E-state index in [1.165, 1.54) is 22.4 Å². The zero-order valence-corrected chi connectivity index (χ0v) is 35.8. The van der Waals surface area contributed by atoms with Crippen molar-refractivity contribution < 1.29 is 28.8 Å². The minimum Gasteiger partial charge on any atom is -0.353 e. The van der Waals surface area contributed by atoms with Gasteiger partial charge in [0, 0.05) is 74.9 Å². The second kappa shape index (κ2) is 19.6. The van der Waals surface area contributed by atoms with Gasteiger partial charge in [-0.05, 0) is 56.9 Å². The average Bonchev–Trinajstić information content (AvgIpc) is 3.84. The summed E-state index contributed by atoms with van der Waals surface area (Å²) < 4.78 is 0. The first-order valence-electron chi connectivity index (χ1n) is 20.7. The number of aryl methyl sites for hydroxylation is 2. The number of thiazole rings is 1. The summed E-state index contributed by atoms with van der Waals surface area (Å²) in [4.78, 5) is 95.3. The number of benzene rings is 2. The van der Waals surface area contributed by atoms with Crippen LogP contribution in [0, 0.1) is 13.8 Å². The molecule has 5 heterocycles. The Labute approximate surface area is 362 Å². The molecule has 0 spiro atoms. The van der Waals surface area contributed by atoms with Gasteiger partial charge in [-0.25, -0.2) is 15.0 Å². The molecule has 320 valence electrons. The lowest BCUT2D eigenvalue weighted by Crippen LogP contribution is -2.52. The highest BCUT2D eigenvalue weighted by molar-refractivity contribution is 7.17. The molecule has 2 fully saturated rings. The number of imide groups is 1. The number of amides is 6. The summed E-state index contributed by atoms with van der Waals surface area (Å²) in [6.07, 6.45) is 8.14. The SMILES string of the molecule is Cc1nc(Nc2ncc(C(=O)Nc3c(C)cccc3Cl)s2)cc(N2CCN(C(=O)CCCCCCCCC(=O)Nc3cccc4c3CN(C3CCC(=O)NC3=O)C4=O)CC2)n1. The summed E-state index contributed by atoms with van der Waals surface area (Å²) in [6.45, 7) is 6.38. The topological polar surface area (TPSA) is 199 Å². The summed E-state index contributed by atoms with van der Waals surface area (Å²) in [7, 11) is 0. The number of hydrogen-bond acceptors (Lipinski definition) is 12. The molecule has 1 unspecified atom stereocenters. The highest BCUT2D eigenvalue weighted by Gasteiger charge is 2.40. The first-order chi connectivity index (χ1) is 29.4. The number of carbonyl (C=O) groups excluding carboxylic acids is 6. The minimum absolute atomic E-state index is 0.129. The fourth-order valence-corrected chi connectivity index (χ4v) is 8.80. The van der Waals surface area contributed by atoms with Crippen LogP contribution in [0.3, 0.4) is 0 Å². The minimum atomic E-state index is -0.711. The fraction of sp³-hybridized carbons (Fsp3) is 0.419. The highest BCUT2D eigenvalue weighted by Crippen LogP contribution is 2.33. The molecule has 3 aliphatic heterocycles. The standard InChI is InChI=1S/C43H49ClN10O6S/c1-26-11-9-13-30(44)39(26)51-41(59)33-24-45-43(61-33)49-34-23-35(47-27(2)46-34)52-19-21-53(22-20-52)38(57)16-8-6-4-3-5-7-15-36(55)48-31-14-10-12-28-29(31)25-54(42(28)60)32-17-18-37(56)50-40(32)58/h9-14,23-24,32H,3-8,15-22,25H2,1-2H3,(H,48,55)(H,51,59)(H,50,56,58)(H,45,46,47,49). The molecule has 1 atom stereocenters. The number of fused-ring (bicyclic) bond motifs is 1. The molecule has 2 aromatic heterocycles. The van der Waals surface area contributed by atoms with Gasteiger partial charge in [-0.2, -0.15) is 0 Å². The number of anilines is 5. The van der Waals surface area contributed by atoms with E-state index >= 15 is 0 Å². The molecule has 0 saturated carbocycles. The Hall–Kier alpha value is -5.94. The third-order valence-electron chi connectivity index (χ3n) is 11.1. The van der Waals surface area contributed by atoms with E-state index in [0.29, 0.717) is 88.2 Å². The molecule has 61 heavy (non-hydrogen) atoms. The first kappa shape index (κ1) is 43.2. The van der Waals surface area contributed by atoms with Crippen LogP contribution in [-0.4, -0.2) is 92.4 Å². The molecule has 7 rings (SSSR count). The fourth-order valence-electron chi connectivity index (χ4n) is 7.82. The predicted molar refractivity (Wildman–Crippen MR) is 233 cm³/mol. The van der Waals surface area contributed by atoms with Crippen molar-refractivity contribution in [3.63, 3.8) is 0 Å². The van der Waals surface area contributed by atoms with Crippen LogP contribution in [0.15, 0.2) is 48.7 Å². The summed E-state index contributed by atoms with van der Waals surface area (Å²) in [5.74, 6) is 0.534. The Bertz CT molecular complexity index is 2310. The summed E-state index contributed by atoms with van der Waals surface area (Å²) >= 11 is 7.49. The van der Waals surface area contributed by atoms with Crippen LogP contribution >= 0.6 is 22.9 Å². The van der Waals surface area contributed by atoms with Gasteiger partial charge in [-0.3, -0.25) is 34.1 Å². The van der Waals surface area contributed by atoms with Crippen LogP contribution in [0.4, 0.5) is 28.1 Å². The summed E-state index contributed by atoms with van der Waals surface area (Å²) in [5, 5.41) is 12.3. The molecule has 2 aromatic carbocycles. The Morgan fingerprint density at radius 2 is 1.64 bits per heavy atom. The number of piperazine rings is 1. The van der Waals surface area contributed by atoms with Crippen LogP contribution < -0.4 is 26.2 Å². The van der Waals surface area contributed by atoms with Crippen LogP contribution in [0.2, 0.25) is 5.02 Å². The summed E-state index contributed by atoms with van der Waals surface area (Å²) in [6, 6.07) is 11.8. The molecule has 0 aliphatic carbocycles. The average molecular weight is 869 g/mol. The quantitative estimate of drug-likeness (QED) is 0.0721. The van der Waals surface area contributed by atoms with Crippen molar-refractivity contribution >= 4 is 86.5 Å². The number of rotatable bonds is 16. The van der Waals surface area contributed by atoms with Gasteiger partial charge in [0.25, 0.3) is 11.8 Å². The monoisotopic (exact) mass is 868 g/mol. The van der Waals surface area contributed by atoms with Crippen LogP contribution in [-0.2, 0) is 25.7 Å². The van der Waals surface area contributed by atoms with Gasteiger partial charge >= 0.3 is 0 Å². The molecule has 3 aliphatic rings. The number of unbranched alkanes of at least 4 members (excludes halogenated alkanes) is 5. The second-order valence-electron chi connectivity index (χ2n) is 15.5. The van der Waals surface area contributed by atoms with Crippen molar-refractivity contribution in [2.75, 3.05) is 47.0 Å². The molecule has 6 amide bonds. The van der Waals surface area contributed by atoms with Gasteiger partial charge in [0.05, 0.1) is 16.9 Å². The predicted octanol–water partition coefficient (Wildman–Crippen LogP) is 6.37. The van der Waals surface area contributed by atoms with Crippen molar-refractivity contribution in [1.82, 2.24) is 30.1 Å². The van der Waals surface area contributed by atoms with E-state index in [1.54, 1.807) is 24.3 Å². The Kier molecular flexibility index (Phi) is 13.9. The van der Waals surface area contributed by atoms with Crippen LogP contribution in [0.25, 0.3) is 0 Å². The number of hydrogen-bond donors (Lipinski definition) is 4. The van der Waals surface area contributed by atoms with Gasteiger partial charge in [0.15, 0.2) is 5.13 Å². The maximum atomic E-state index is 13.1. The molecule has 4 aromatic rings. The lowest BCUT2D eigenvalue weighted by Gasteiger charge is -2.35. The van der Waals surface area contributed by atoms with Gasteiger partial charge in [-0.15, -0.1) is 0 Å². The number of carbonyl (C=O) groups is 6. The third-order valence-corrected chi connectivity index (χ3v) is 12.3. The maximum Gasteiger partial charge on any atom is 0.267 e. The Morgan fingerprint density at radius 3 is 2.39 bits per heavy atom. The molecule has 4 N–H and O–H groups in total. The normalized spacial score (nSPS) is 16.3. The molecule has 18 heteroatoms. The molecule has 0 bridgehead atoms. The molecule has 0 radical (unpaired) electrons. The van der Waals surface area contributed by atoms with E-state index in [1.807, 2.05) is 36.9 Å². The largest absolute Gasteiger partial charge is 0.353 e. The Morgan fingerprint density at radius 1 is 0.902 bits per heavy atom. The van der Waals surface area contributed by atoms with E-state index in [2.05, 4.69) is 41.1 Å². The van der Waals surface area contributed by atoms with Crippen molar-refractivity contribution in [3.05, 3.63) is 81.1 Å². The Balaban J connectivity index is 0.773. The molecular weight excluding hydrogens is 820 g/mol. The number of para-hydroxylation sites is 1. The lowest BCUT2D eigenvalue weighted by molar-refractivity contribution is -0.137. The van der Waals surface area contributed by atoms with Crippen LogP contribution in [0.1, 0.15) is 101 Å². The molecule has 16 nitrogen and oxygen atoms in total. The highest BCUT2D eigenvalue weighted by atomic mass is 35.5. The molecule has 2 saturated heterocycles. The number of halogens is 1. The van der Waals surface area contributed by atoms with Crippen LogP contribution in [0.5, 0.6) is 0 Å². The third kappa shape index (κ3) is 10.7. The van der Waals surface area contributed by atoms with Gasteiger partial charge in [0.2, 0.25) is 23.6 Å². The van der Waals surface area contributed by atoms with E-state index in [9.17, 15) is 28.8 Å². The van der Waals surface area contributed by atoms with Gasteiger partial charge in [-0.1, -0.05) is 66.8 Å². The zero-order chi connectivity index (χ0) is 43.0. The number of piperidine rings is 1. The van der Waals surface area contributed by atoms with Crippen molar-refractivity contribution in [3.8, 4) is 0 Å². The van der Waals surface area contributed by atoms with Crippen molar-refractivity contribution in [2.45, 2.75) is 90.6 Å². The first-order valence-corrected chi connectivity index (χ1v) is 21.9. The summed E-state index contributed by atoms with van der Waals surface area (Å²) in [5.41, 5.74) is 3.14. The zero-order valence-electron chi connectivity index (χ0n) is 34.2.